The van der Waals surface area contributed by atoms with E-state index in [0.717, 1.165) is 24.9 Å². The number of phenolic OH excluding ortho intramolecular Hbond substituents is 1. The van der Waals surface area contributed by atoms with Crippen molar-refractivity contribution in [2.75, 3.05) is 0 Å². The molecule has 0 spiro atoms. The van der Waals surface area contributed by atoms with Crippen molar-refractivity contribution >= 4 is 0 Å². The Morgan fingerprint density at radius 2 is 2.03 bits per heavy atom. The van der Waals surface area contributed by atoms with Crippen LogP contribution in [0.5, 0.6) is 11.8 Å². The molecule has 2 aliphatic rings. The van der Waals surface area contributed by atoms with Crippen LogP contribution in [-0.4, -0.2) is 42.1 Å². The molecule has 2 aliphatic carbocycles. The number of hydrogen-bond donors (Lipinski definition) is 1. The molecule has 1 aromatic carbocycles. The monoisotopic (exact) mass is 437 g/mol. The van der Waals surface area contributed by atoms with Crippen LogP contribution >= 0.6 is 0 Å². The highest BCUT2D eigenvalue weighted by atomic mass is 19.1. The van der Waals surface area contributed by atoms with E-state index >= 15 is 4.39 Å². The van der Waals surface area contributed by atoms with Crippen LogP contribution in [0.2, 0.25) is 0 Å². The molecule has 2 heterocycles. The van der Waals surface area contributed by atoms with E-state index < -0.39 is 12.3 Å². The lowest BCUT2D eigenvalue weighted by Crippen LogP contribution is -2.55. The second-order valence-corrected chi connectivity index (χ2v) is 10.2. The molecular weight excluding hydrogens is 409 g/mol. The second-order valence-electron chi connectivity index (χ2n) is 10.2. The van der Waals surface area contributed by atoms with Gasteiger partial charge in [-0.1, -0.05) is 25.9 Å². The largest absolute Gasteiger partial charge is 0.507 e. The molecule has 3 aromatic rings. The molecule has 8 heteroatoms. The van der Waals surface area contributed by atoms with Crippen molar-refractivity contribution in [2.45, 2.75) is 58.7 Å². The number of imidazole rings is 1. The fraction of sp³-hybridized carbons (Fsp3) is 0.500. The molecule has 0 saturated heterocycles. The maximum atomic E-state index is 15.4. The molecule has 32 heavy (non-hydrogen) atoms. The summed E-state index contributed by atoms with van der Waals surface area (Å²) in [6.45, 7) is 6.49. The lowest BCUT2D eigenvalue weighted by atomic mass is 9.52. The third-order valence-electron chi connectivity index (χ3n) is 7.03. The highest BCUT2D eigenvalue weighted by molar-refractivity contribution is 5.67. The van der Waals surface area contributed by atoms with E-state index in [2.05, 4.69) is 34.0 Å². The van der Waals surface area contributed by atoms with Gasteiger partial charge in [0, 0.05) is 29.4 Å². The highest BCUT2D eigenvalue weighted by Crippen LogP contribution is 2.58. The van der Waals surface area contributed by atoms with Crippen molar-refractivity contribution < 1.29 is 14.2 Å². The first-order valence-corrected chi connectivity index (χ1v) is 11.1. The van der Waals surface area contributed by atoms with Gasteiger partial charge in [-0.2, -0.15) is 0 Å². The van der Waals surface area contributed by atoms with Crippen molar-refractivity contribution in [3.63, 3.8) is 0 Å². The summed E-state index contributed by atoms with van der Waals surface area (Å²) in [7, 11) is 0. The van der Waals surface area contributed by atoms with Crippen LogP contribution in [0.3, 0.4) is 0 Å². The molecule has 1 N–H and O–H groups in total. The Hall–Kier alpha value is -3.03. The van der Waals surface area contributed by atoms with Gasteiger partial charge in [0.05, 0.1) is 18.2 Å². The van der Waals surface area contributed by atoms with Crippen LogP contribution in [0.4, 0.5) is 4.39 Å². The zero-order valence-corrected chi connectivity index (χ0v) is 18.6. The molecule has 2 bridgehead atoms. The van der Waals surface area contributed by atoms with E-state index in [1.54, 1.807) is 35.4 Å². The van der Waals surface area contributed by atoms with Crippen LogP contribution < -0.4 is 4.74 Å². The van der Waals surface area contributed by atoms with Gasteiger partial charge in [-0.3, -0.25) is 0 Å². The fourth-order valence-electron chi connectivity index (χ4n) is 6.22. The minimum Gasteiger partial charge on any atom is -0.507 e. The van der Waals surface area contributed by atoms with Gasteiger partial charge in [0.25, 0.3) is 0 Å². The number of phenols is 1. The van der Waals surface area contributed by atoms with Gasteiger partial charge in [-0.15, -0.1) is 5.10 Å². The summed E-state index contributed by atoms with van der Waals surface area (Å²) in [5.74, 6) is 0.572. The van der Waals surface area contributed by atoms with Gasteiger partial charge in [-0.05, 0) is 49.1 Å². The average Bonchev–Trinajstić information content (AvgIpc) is 3.26. The SMILES string of the molecule is CC1C[C@@]2(C)C[C@H](Oc3ncc(-c4ccc(-n5ccnc5)cc4O)nn3)[C@@H](F)[C@@](C)(C1)C2. The minimum absolute atomic E-state index is 0.0554. The van der Waals surface area contributed by atoms with Crippen molar-refractivity contribution in [3.8, 4) is 28.7 Å². The third-order valence-corrected chi connectivity index (χ3v) is 7.03. The Morgan fingerprint density at radius 1 is 1.19 bits per heavy atom. The molecule has 168 valence electrons. The number of hydrogen-bond acceptors (Lipinski definition) is 6. The Balaban J connectivity index is 1.33. The molecule has 0 amide bonds. The van der Waals surface area contributed by atoms with E-state index in [0.29, 0.717) is 23.6 Å². The Morgan fingerprint density at radius 3 is 2.72 bits per heavy atom. The van der Waals surface area contributed by atoms with Gasteiger partial charge in [0.15, 0.2) is 0 Å². The Bertz CT molecular complexity index is 1110. The van der Waals surface area contributed by atoms with Crippen LogP contribution in [0.15, 0.2) is 43.1 Å². The molecule has 2 fully saturated rings. The summed E-state index contributed by atoms with van der Waals surface area (Å²) in [5, 5.41) is 18.7. The topological polar surface area (TPSA) is 86.0 Å². The molecule has 2 saturated carbocycles. The number of alkyl halides is 1. The number of halogens is 1. The van der Waals surface area contributed by atoms with E-state index in [9.17, 15) is 5.11 Å². The summed E-state index contributed by atoms with van der Waals surface area (Å²) in [6.07, 6.45) is 8.45. The minimum atomic E-state index is -1.07. The maximum Gasteiger partial charge on any atom is 0.336 e. The summed E-state index contributed by atoms with van der Waals surface area (Å²) in [6, 6.07) is 5.29. The quantitative estimate of drug-likeness (QED) is 0.634. The van der Waals surface area contributed by atoms with Crippen LogP contribution in [0.1, 0.15) is 46.5 Å². The number of benzene rings is 1. The Kier molecular flexibility index (Phi) is 4.91. The normalized spacial score (nSPS) is 31.9. The smallest absolute Gasteiger partial charge is 0.336 e. The van der Waals surface area contributed by atoms with Crippen molar-refractivity contribution in [3.05, 3.63) is 43.1 Å². The summed E-state index contributed by atoms with van der Waals surface area (Å²) < 4.78 is 23.2. The third kappa shape index (κ3) is 3.72. The fourth-order valence-corrected chi connectivity index (χ4v) is 6.22. The van der Waals surface area contributed by atoms with Gasteiger partial charge in [0.1, 0.15) is 23.7 Å². The first-order chi connectivity index (χ1) is 15.2. The average molecular weight is 438 g/mol. The molecule has 2 aromatic heterocycles. The summed E-state index contributed by atoms with van der Waals surface area (Å²) in [4.78, 5) is 8.27. The molecule has 1 unspecified atom stereocenters. The molecule has 0 aliphatic heterocycles. The summed E-state index contributed by atoms with van der Waals surface area (Å²) >= 11 is 0. The van der Waals surface area contributed by atoms with E-state index in [1.165, 1.54) is 6.20 Å². The predicted octanol–water partition coefficient (Wildman–Crippen LogP) is 4.75. The highest BCUT2D eigenvalue weighted by Gasteiger charge is 2.55. The van der Waals surface area contributed by atoms with Gasteiger partial charge >= 0.3 is 6.01 Å². The second kappa shape index (κ2) is 7.53. The molecular formula is C24H28FN5O2. The Labute approximate surface area is 186 Å². The molecule has 7 nitrogen and oxygen atoms in total. The first kappa shape index (κ1) is 20.8. The lowest BCUT2D eigenvalue weighted by Gasteiger charge is -2.55. The predicted molar refractivity (Wildman–Crippen MR) is 117 cm³/mol. The van der Waals surface area contributed by atoms with Gasteiger partial charge in [-0.25, -0.2) is 14.4 Å². The van der Waals surface area contributed by atoms with Crippen molar-refractivity contribution in [1.29, 1.82) is 0 Å². The maximum absolute atomic E-state index is 15.4. The lowest BCUT2D eigenvalue weighted by molar-refractivity contribution is -0.121. The van der Waals surface area contributed by atoms with Crippen LogP contribution in [-0.2, 0) is 0 Å². The number of aromatic nitrogens is 5. The van der Waals surface area contributed by atoms with Crippen LogP contribution in [0, 0.1) is 16.7 Å². The summed E-state index contributed by atoms with van der Waals surface area (Å²) in [5.41, 5.74) is 1.38. The number of ether oxygens (including phenoxy) is 1. The number of nitrogens with zero attached hydrogens (tertiary/aromatic N) is 5. The standard InChI is InChI=1S/C24H28FN5O2/c1-15-9-23(2)11-20(21(25)24(3,10-15)13-23)32-22-27-12-18(28-29-22)17-5-4-16(8-19(17)31)30-7-6-26-14-30/h4-8,12,14-15,20-21,31H,9-11,13H2,1-3H3/t15?,20-,21+,23-,24-/m0/s1. The number of rotatable bonds is 4. The molecule has 5 atom stereocenters. The number of fused-ring (bicyclic) bond motifs is 2. The van der Waals surface area contributed by atoms with Gasteiger partial charge in [0.2, 0.25) is 0 Å². The number of aromatic hydroxyl groups is 1. The first-order valence-electron chi connectivity index (χ1n) is 11.1. The van der Waals surface area contributed by atoms with Gasteiger partial charge < -0.3 is 14.4 Å². The van der Waals surface area contributed by atoms with E-state index in [4.69, 9.17) is 4.74 Å². The van der Waals surface area contributed by atoms with E-state index in [1.807, 2.05) is 13.0 Å². The zero-order chi connectivity index (χ0) is 22.5. The molecule has 0 radical (unpaired) electrons. The van der Waals surface area contributed by atoms with Crippen molar-refractivity contribution in [2.24, 2.45) is 16.7 Å². The zero-order valence-electron chi connectivity index (χ0n) is 18.6. The molecule has 5 rings (SSSR count). The van der Waals surface area contributed by atoms with Crippen LogP contribution in [0.25, 0.3) is 16.9 Å². The van der Waals surface area contributed by atoms with Crippen molar-refractivity contribution in [1.82, 2.24) is 24.7 Å². The van der Waals surface area contributed by atoms with E-state index in [-0.39, 0.29) is 22.6 Å².